The normalized spacial score (nSPS) is 31.3. The summed E-state index contributed by atoms with van der Waals surface area (Å²) in [6.07, 6.45) is 10.2. The van der Waals surface area contributed by atoms with Gasteiger partial charge in [-0.2, -0.15) is 0 Å². The lowest BCUT2D eigenvalue weighted by atomic mass is 9.43. The molecule has 1 heterocycles. The third-order valence-corrected chi connectivity index (χ3v) is 16.2. The predicted octanol–water partition coefficient (Wildman–Crippen LogP) is 6.45. The summed E-state index contributed by atoms with van der Waals surface area (Å²) in [6.45, 7) is 7.33. The van der Waals surface area contributed by atoms with Crippen LogP contribution in [-0.2, 0) is 33.7 Å². The summed E-state index contributed by atoms with van der Waals surface area (Å²) in [7, 11) is -4.19. The molecule has 14 nitrogen and oxygen atoms in total. The van der Waals surface area contributed by atoms with Crippen LogP contribution in [-0.4, -0.2) is 67.1 Å². The number of carbonyl (C=O) groups is 3. The SMILES string of the molecule is C[C@H](CCC(=O)O)[C@H]1CC[C@H]2C3[C@@H](O)C[C@@H]4C[C@H](OC(=O)CCC(=O)OCCCCCCOc5no[n+]([O-])c5S(=O)(=O)c5ccccc5)CC[C@]4(C)[C@H]3CC[C@]12C. The molecule has 1 unspecified atom stereocenters. The highest BCUT2D eigenvalue weighted by Gasteiger charge is 2.63. The largest absolute Gasteiger partial charge is 0.481 e. The van der Waals surface area contributed by atoms with Gasteiger partial charge in [-0.3, -0.25) is 19.0 Å². The minimum atomic E-state index is -4.19. The van der Waals surface area contributed by atoms with Gasteiger partial charge in [-0.25, -0.2) is 8.42 Å². The first kappa shape index (κ1) is 42.9. The molecule has 1 aromatic heterocycles. The van der Waals surface area contributed by atoms with Crippen molar-refractivity contribution in [3.05, 3.63) is 35.5 Å². The highest BCUT2D eigenvalue weighted by Crippen LogP contribution is 2.68. The number of aliphatic hydroxyl groups is 1. The van der Waals surface area contributed by atoms with E-state index in [-0.39, 0.29) is 71.0 Å². The first-order valence-corrected chi connectivity index (χ1v) is 22.4. The van der Waals surface area contributed by atoms with Crippen molar-refractivity contribution in [3.8, 4) is 5.88 Å². The van der Waals surface area contributed by atoms with Crippen LogP contribution in [0.5, 0.6) is 5.88 Å². The fourth-order valence-corrected chi connectivity index (χ4v) is 12.8. The molecule has 4 aliphatic rings. The van der Waals surface area contributed by atoms with E-state index in [0.29, 0.717) is 62.2 Å². The topological polar surface area (TPSA) is 206 Å². The van der Waals surface area contributed by atoms with Crippen molar-refractivity contribution in [3.63, 3.8) is 0 Å². The summed E-state index contributed by atoms with van der Waals surface area (Å²) >= 11 is 0. The first-order chi connectivity index (χ1) is 27.1. The number of sulfone groups is 1. The maximum absolute atomic E-state index is 12.9. The number of hydrogen-bond donors (Lipinski definition) is 2. The summed E-state index contributed by atoms with van der Waals surface area (Å²) in [5.74, 6) is 0.199. The van der Waals surface area contributed by atoms with Crippen molar-refractivity contribution in [2.75, 3.05) is 13.2 Å². The quantitative estimate of drug-likeness (QED) is 0.0944. The first-order valence-electron chi connectivity index (χ1n) is 20.9. The molecule has 0 bridgehead atoms. The maximum Gasteiger partial charge on any atom is 0.414 e. The van der Waals surface area contributed by atoms with Gasteiger partial charge in [0.1, 0.15) is 6.10 Å². The number of nitrogens with zero attached hydrogens (tertiary/aromatic N) is 2. The Morgan fingerprint density at radius 2 is 1.61 bits per heavy atom. The molecule has 0 saturated heterocycles. The molecular formula is C42H60N2O12S. The summed E-state index contributed by atoms with van der Waals surface area (Å²) in [5.41, 5.74) is 0.201. The van der Waals surface area contributed by atoms with E-state index in [0.717, 1.165) is 44.9 Å². The highest BCUT2D eigenvalue weighted by atomic mass is 32.2. The van der Waals surface area contributed by atoms with Crippen molar-refractivity contribution >= 4 is 27.7 Å². The van der Waals surface area contributed by atoms with Gasteiger partial charge in [-0.15, -0.1) is 0 Å². The van der Waals surface area contributed by atoms with E-state index in [1.807, 2.05) is 0 Å². The van der Waals surface area contributed by atoms with E-state index in [9.17, 15) is 38.2 Å². The van der Waals surface area contributed by atoms with E-state index in [1.165, 1.54) is 24.3 Å². The number of unbranched alkanes of at least 4 members (excludes halogenated alkanes) is 3. The summed E-state index contributed by atoms with van der Waals surface area (Å²) in [4.78, 5) is 36.2. The van der Waals surface area contributed by atoms with Crippen LogP contribution in [0.1, 0.15) is 124 Å². The summed E-state index contributed by atoms with van der Waals surface area (Å²) in [5, 5.41) is 35.8. The number of carboxylic acid groups (broad SMARTS) is 1. The van der Waals surface area contributed by atoms with Gasteiger partial charge in [0.05, 0.1) is 42.2 Å². The molecule has 1 aromatic carbocycles. The van der Waals surface area contributed by atoms with Crippen LogP contribution in [0.15, 0.2) is 44.9 Å². The number of rotatable bonds is 18. The number of aliphatic carboxylic acids is 1. The van der Waals surface area contributed by atoms with Crippen LogP contribution in [0.2, 0.25) is 0 Å². The molecule has 57 heavy (non-hydrogen) atoms. The maximum atomic E-state index is 12.9. The van der Waals surface area contributed by atoms with Gasteiger partial charge in [-0.05, 0) is 147 Å². The van der Waals surface area contributed by atoms with Crippen LogP contribution in [0.3, 0.4) is 0 Å². The lowest BCUT2D eigenvalue weighted by Gasteiger charge is -2.62. The van der Waals surface area contributed by atoms with Crippen LogP contribution >= 0.6 is 0 Å². The third kappa shape index (κ3) is 9.29. The molecule has 4 fully saturated rings. The standard InChI is InChI=1S/C42H60N2O12S/c1-27(13-16-35(46)47)31-14-15-32-38-33(20-22-42(31,32)3)41(2)21-19-29(25-28(41)26-34(38)45)55-37(49)18-17-36(48)53-23-9-4-5-10-24-54-39-40(44(50)56-43-39)57(51,52)30-11-7-6-8-12-30/h6-8,11-12,27-29,31-34,38,45H,4-5,9-10,13-26H2,1-3H3,(H,46,47)/t27-,28+,29-,31-,32+,33+,34+,38?,41+,42-/m1/s1. The highest BCUT2D eigenvalue weighted by molar-refractivity contribution is 7.91. The number of aliphatic hydroxyl groups excluding tert-OH is 1. The molecule has 0 aliphatic heterocycles. The second-order valence-electron chi connectivity index (χ2n) is 17.7. The molecule has 2 N–H and O–H groups in total. The third-order valence-electron chi connectivity index (χ3n) is 14.4. The fourth-order valence-electron chi connectivity index (χ4n) is 11.5. The Balaban J connectivity index is 0.865. The van der Waals surface area contributed by atoms with Crippen molar-refractivity contribution in [1.29, 1.82) is 0 Å². The lowest BCUT2D eigenvalue weighted by Crippen LogP contribution is -2.58. The Labute approximate surface area is 335 Å². The minimum Gasteiger partial charge on any atom is -0.481 e. The Bertz CT molecular complexity index is 1820. The van der Waals surface area contributed by atoms with E-state index >= 15 is 0 Å². The van der Waals surface area contributed by atoms with Gasteiger partial charge >= 0.3 is 28.8 Å². The number of esters is 2. The van der Waals surface area contributed by atoms with Crippen LogP contribution in [0.25, 0.3) is 0 Å². The average Bonchev–Trinajstić information content (AvgIpc) is 3.74. The van der Waals surface area contributed by atoms with Gasteiger partial charge in [-0.1, -0.05) is 39.0 Å². The molecule has 0 radical (unpaired) electrons. The van der Waals surface area contributed by atoms with E-state index in [2.05, 4.69) is 30.6 Å². The Morgan fingerprint density at radius 3 is 2.35 bits per heavy atom. The van der Waals surface area contributed by atoms with E-state index in [4.69, 9.17) is 14.2 Å². The molecular weight excluding hydrogens is 757 g/mol. The van der Waals surface area contributed by atoms with Gasteiger partial charge in [0.2, 0.25) is 0 Å². The van der Waals surface area contributed by atoms with Crippen molar-refractivity contribution in [2.45, 2.75) is 146 Å². The van der Waals surface area contributed by atoms with Crippen LogP contribution < -0.4 is 9.64 Å². The number of ether oxygens (including phenoxy) is 3. The second kappa shape index (κ2) is 18.0. The van der Waals surface area contributed by atoms with Gasteiger partial charge in [0.15, 0.2) is 0 Å². The van der Waals surface area contributed by atoms with E-state index < -0.39 is 44.8 Å². The summed E-state index contributed by atoms with van der Waals surface area (Å²) in [6, 6.07) is 7.46. The number of fused-ring (bicyclic) bond motifs is 5. The van der Waals surface area contributed by atoms with Gasteiger partial charge in [0, 0.05) is 6.42 Å². The van der Waals surface area contributed by atoms with Gasteiger partial charge < -0.3 is 29.6 Å². The van der Waals surface area contributed by atoms with Crippen molar-refractivity contribution in [2.24, 2.45) is 46.3 Å². The molecule has 4 aliphatic carbocycles. The molecule has 0 spiro atoms. The lowest BCUT2D eigenvalue weighted by molar-refractivity contribution is -0.832. The molecule has 316 valence electrons. The average molecular weight is 817 g/mol. The minimum absolute atomic E-state index is 0.0539. The number of carboxylic acids is 1. The fraction of sp³-hybridized carbons (Fsp3) is 0.738. The van der Waals surface area contributed by atoms with Crippen LogP contribution in [0.4, 0.5) is 0 Å². The Kier molecular flexibility index (Phi) is 13.6. The zero-order valence-corrected chi connectivity index (χ0v) is 34.3. The number of carbonyl (C=O) groups excluding carboxylic acids is 2. The molecule has 10 atom stereocenters. The summed E-state index contributed by atoms with van der Waals surface area (Å²) < 4.78 is 46.9. The van der Waals surface area contributed by atoms with Gasteiger partial charge in [0.25, 0.3) is 9.84 Å². The molecule has 2 aromatic rings. The Hall–Kier alpha value is -3.72. The smallest absolute Gasteiger partial charge is 0.414 e. The van der Waals surface area contributed by atoms with Crippen LogP contribution in [0, 0.1) is 51.5 Å². The number of hydrogen-bond acceptors (Lipinski definition) is 12. The molecule has 15 heteroatoms. The van der Waals surface area contributed by atoms with E-state index in [1.54, 1.807) is 6.07 Å². The molecule has 6 rings (SSSR count). The second-order valence-corrected chi connectivity index (χ2v) is 19.5. The zero-order valence-electron chi connectivity index (χ0n) is 33.5. The number of benzene rings is 1. The number of aromatic nitrogens is 2. The molecule has 4 saturated carbocycles. The zero-order chi connectivity index (χ0) is 41.0. The molecule has 0 amide bonds. The van der Waals surface area contributed by atoms with Crippen molar-refractivity contribution < 1.29 is 56.8 Å². The predicted molar refractivity (Wildman–Crippen MR) is 204 cm³/mol. The monoisotopic (exact) mass is 816 g/mol. The van der Waals surface area contributed by atoms with Crippen molar-refractivity contribution in [1.82, 2.24) is 5.16 Å². The Morgan fingerprint density at radius 1 is 0.930 bits per heavy atom.